The minimum Gasteiger partial charge on any atom is -0.367 e. The summed E-state index contributed by atoms with van der Waals surface area (Å²) in [5.41, 5.74) is -0.147. The van der Waals surface area contributed by atoms with E-state index in [4.69, 9.17) is 0 Å². The van der Waals surface area contributed by atoms with Crippen LogP contribution in [0.5, 0.6) is 0 Å². The Kier molecular flexibility index (Phi) is 1.62. The fourth-order valence-electron chi connectivity index (χ4n) is 1.15. The van der Waals surface area contributed by atoms with Gasteiger partial charge in [-0.05, 0) is 31.9 Å². The van der Waals surface area contributed by atoms with Gasteiger partial charge in [0.1, 0.15) is 0 Å². The number of aliphatic hydroxyl groups is 1. The molecule has 0 fully saturated rings. The number of rotatable bonds is 0. The molecule has 1 aliphatic rings. The van der Waals surface area contributed by atoms with Gasteiger partial charge < -0.3 is 5.11 Å². The highest BCUT2D eigenvalue weighted by Gasteiger charge is 2.46. The second-order valence-corrected chi connectivity index (χ2v) is 2.66. The van der Waals surface area contributed by atoms with Crippen LogP contribution in [-0.4, -0.2) is 16.5 Å². The predicted molar refractivity (Wildman–Crippen MR) is 41.8 cm³/mol. The average molecular weight is 150 g/mol. The number of carbonyl (C=O) groups is 1. The van der Waals surface area contributed by atoms with Crippen molar-refractivity contribution >= 4 is 5.78 Å². The van der Waals surface area contributed by atoms with Crippen molar-refractivity contribution in [2.45, 2.75) is 26.4 Å². The van der Waals surface area contributed by atoms with E-state index in [1.165, 1.54) is 0 Å². The molecule has 2 heteroatoms. The van der Waals surface area contributed by atoms with Crippen molar-refractivity contribution in [2.75, 3.05) is 0 Å². The second-order valence-electron chi connectivity index (χ2n) is 2.66. The van der Waals surface area contributed by atoms with Gasteiger partial charge in [-0.3, -0.25) is 4.79 Å². The number of hydrogen-bond donors (Lipinski definition) is 1. The van der Waals surface area contributed by atoms with E-state index in [2.05, 4.69) is 11.8 Å². The normalized spacial score (nSPS) is 29.3. The maximum absolute atomic E-state index is 11.1. The molecular weight excluding hydrogens is 140 g/mol. The van der Waals surface area contributed by atoms with Gasteiger partial charge in [0.05, 0.1) is 0 Å². The first kappa shape index (κ1) is 8.03. The van der Waals surface area contributed by atoms with E-state index < -0.39 is 5.60 Å². The van der Waals surface area contributed by atoms with Gasteiger partial charge in [-0.2, -0.15) is 0 Å². The summed E-state index contributed by atoms with van der Waals surface area (Å²) in [4.78, 5) is 11.1. The highest BCUT2D eigenvalue weighted by atomic mass is 16.3. The van der Waals surface area contributed by atoms with E-state index in [0.717, 1.165) is 0 Å². The second kappa shape index (κ2) is 2.21. The third-order valence-electron chi connectivity index (χ3n) is 2.08. The van der Waals surface area contributed by atoms with Crippen LogP contribution in [0.3, 0.4) is 0 Å². The summed E-state index contributed by atoms with van der Waals surface area (Å²) in [6.45, 7) is 5.02. The van der Waals surface area contributed by atoms with E-state index in [0.29, 0.717) is 11.1 Å². The Morgan fingerprint density at radius 3 is 2.36 bits per heavy atom. The number of carbonyl (C=O) groups excluding carboxylic acids is 1. The van der Waals surface area contributed by atoms with Gasteiger partial charge in [0.2, 0.25) is 11.4 Å². The van der Waals surface area contributed by atoms with Gasteiger partial charge in [0.15, 0.2) is 0 Å². The first-order chi connectivity index (χ1) is 5.04. The summed E-state index contributed by atoms with van der Waals surface area (Å²) in [6, 6.07) is 0. The zero-order valence-electron chi connectivity index (χ0n) is 6.86. The number of Topliss-reactive ketones (excluding diaryl/α,β-unsaturated/α-hetero) is 1. The lowest BCUT2D eigenvalue weighted by Gasteiger charge is -2.32. The van der Waals surface area contributed by atoms with Crippen molar-refractivity contribution in [2.24, 2.45) is 0 Å². The van der Waals surface area contributed by atoms with Crippen LogP contribution in [0.15, 0.2) is 11.1 Å². The van der Waals surface area contributed by atoms with Gasteiger partial charge in [-0.15, -0.1) is 5.92 Å². The molecule has 1 N–H and O–H groups in total. The smallest absolute Gasteiger partial charge is 0.211 e. The van der Waals surface area contributed by atoms with Crippen LogP contribution < -0.4 is 0 Å². The molecule has 1 rings (SSSR count). The Hall–Kier alpha value is -1.07. The number of ketones is 1. The molecule has 0 heterocycles. The summed E-state index contributed by atoms with van der Waals surface area (Å²) in [6.07, 6.45) is 0. The van der Waals surface area contributed by atoms with Gasteiger partial charge in [-0.1, -0.05) is 5.92 Å². The van der Waals surface area contributed by atoms with Crippen LogP contribution in [0.4, 0.5) is 0 Å². The Morgan fingerprint density at radius 1 is 1.45 bits per heavy atom. The Balaban J connectivity index is 3.12. The third kappa shape index (κ3) is 0.816. The van der Waals surface area contributed by atoms with E-state index in [1.807, 2.05) is 0 Å². The highest BCUT2D eigenvalue weighted by Crippen LogP contribution is 2.33. The van der Waals surface area contributed by atoms with Crippen LogP contribution >= 0.6 is 0 Å². The molecule has 1 atom stereocenters. The first-order valence-corrected chi connectivity index (χ1v) is 3.43. The maximum atomic E-state index is 11.1. The van der Waals surface area contributed by atoms with Crippen molar-refractivity contribution in [3.63, 3.8) is 0 Å². The van der Waals surface area contributed by atoms with Crippen LogP contribution in [-0.2, 0) is 4.79 Å². The standard InChI is InChI=1S/C9H10O2/c1-4-5-9(11)7(3)6(2)8(9)10/h11H,1-3H3. The minimum absolute atomic E-state index is 0.260. The third-order valence-corrected chi connectivity index (χ3v) is 2.08. The summed E-state index contributed by atoms with van der Waals surface area (Å²) in [5.74, 6) is 4.76. The fourth-order valence-corrected chi connectivity index (χ4v) is 1.15. The molecule has 0 aromatic carbocycles. The molecular formula is C9H10O2. The fraction of sp³-hybridized carbons (Fsp3) is 0.444. The van der Waals surface area contributed by atoms with Crippen molar-refractivity contribution in [3.8, 4) is 11.8 Å². The van der Waals surface area contributed by atoms with Gasteiger partial charge in [0, 0.05) is 0 Å². The minimum atomic E-state index is -1.46. The summed E-state index contributed by atoms with van der Waals surface area (Å²) in [5, 5.41) is 9.54. The molecule has 1 aliphatic carbocycles. The molecule has 0 saturated carbocycles. The Labute approximate surface area is 65.9 Å². The molecule has 0 bridgehead atoms. The van der Waals surface area contributed by atoms with Gasteiger partial charge in [0.25, 0.3) is 0 Å². The van der Waals surface area contributed by atoms with Gasteiger partial charge in [-0.25, -0.2) is 0 Å². The van der Waals surface area contributed by atoms with Crippen LogP contribution in [0.2, 0.25) is 0 Å². The maximum Gasteiger partial charge on any atom is 0.211 e. The molecule has 0 aliphatic heterocycles. The molecule has 0 spiro atoms. The molecule has 0 radical (unpaired) electrons. The zero-order chi connectivity index (χ0) is 8.65. The quantitative estimate of drug-likeness (QED) is 0.515. The van der Waals surface area contributed by atoms with Crippen molar-refractivity contribution in [1.82, 2.24) is 0 Å². The molecule has 0 aromatic heterocycles. The molecule has 0 saturated heterocycles. The van der Waals surface area contributed by atoms with Crippen molar-refractivity contribution in [1.29, 1.82) is 0 Å². The van der Waals surface area contributed by atoms with E-state index in [-0.39, 0.29) is 5.78 Å². The first-order valence-electron chi connectivity index (χ1n) is 3.43. The Bertz CT molecular complexity index is 301. The molecule has 11 heavy (non-hydrogen) atoms. The lowest BCUT2D eigenvalue weighted by atomic mass is 9.74. The van der Waals surface area contributed by atoms with E-state index >= 15 is 0 Å². The van der Waals surface area contributed by atoms with Crippen LogP contribution in [0, 0.1) is 11.8 Å². The topological polar surface area (TPSA) is 37.3 Å². The largest absolute Gasteiger partial charge is 0.367 e. The zero-order valence-corrected chi connectivity index (χ0v) is 6.86. The highest BCUT2D eigenvalue weighted by molar-refractivity contribution is 6.14. The van der Waals surface area contributed by atoms with Crippen LogP contribution in [0.25, 0.3) is 0 Å². The molecule has 1 unspecified atom stereocenters. The van der Waals surface area contributed by atoms with Gasteiger partial charge >= 0.3 is 0 Å². The van der Waals surface area contributed by atoms with Crippen molar-refractivity contribution < 1.29 is 9.90 Å². The molecule has 58 valence electrons. The van der Waals surface area contributed by atoms with E-state index in [9.17, 15) is 9.90 Å². The van der Waals surface area contributed by atoms with E-state index in [1.54, 1.807) is 20.8 Å². The SMILES string of the molecule is CC#CC1(O)C(=O)C(C)=C1C. The molecule has 0 amide bonds. The monoisotopic (exact) mass is 150 g/mol. The Morgan fingerprint density at radius 2 is 2.00 bits per heavy atom. The lowest BCUT2D eigenvalue weighted by molar-refractivity contribution is -0.129. The average Bonchev–Trinajstić information content (AvgIpc) is 2.01. The van der Waals surface area contributed by atoms with Crippen molar-refractivity contribution in [3.05, 3.63) is 11.1 Å². The number of hydrogen-bond acceptors (Lipinski definition) is 2. The molecule has 0 aromatic rings. The summed E-state index contributed by atoms with van der Waals surface area (Å²) in [7, 11) is 0. The lowest BCUT2D eigenvalue weighted by Crippen LogP contribution is -2.48. The molecule has 2 nitrogen and oxygen atoms in total. The predicted octanol–water partition coefficient (Wildman–Crippen LogP) is 0.660. The summed E-state index contributed by atoms with van der Waals surface area (Å²) >= 11 is 0. The van der Waals surface area contributed by atoms with Crippen LogP contribution in [0.1, 0.15) is 20.8 Å². The summed E-state index contributed by atoms with van der Waals surface area (Å²) < 4.78 is 0.